The van der Waals surface area contributed by atoms with E-state index in [4.69, 9.17) is 10.5 Å². The molecule has 4 N–H and O–H groups in total. The van der Waals surface area contributed by atoms with Crippen molar-refractivity contribution in [1.29, 1.82) is 0 Å². The molecule has 30 heavy (non-hydrogen) atoms. The number of methoxy groups -OCH3 is 1. The molecule has 158 valence electrons. The molecule has 1 aromatic heterocycles. The summed E-state index contributed by atoms with van der Waals surface area (Å²) in [5.74, 6) is -3.27. The third-order valence-corrected chi connectivity index (χ3v) is 5.16. The molecule has 1 unspecified atom stereocenters. The summed E-state index contributed by atoms with van der Waals surface area (Å²) >= 11 is 0.720. The molecule has 0 aliphatic heterocycles. The highest BCUT2D eigenvalue weighted by atomic mass is 32.1. The first-order chi connectivity index (χ1) is 14.3. The van der Waals surface area contributed by atoms with Crippen LogP contribution in [-0.4, -0.2) is 29.2 Å². The van der Waals surface area contributed by atoms with Gasteiger partial charge in [0.15, 0.2) is 11.6 Å². The van der Waals surface area contributed by atoms with Gasteiger partial charge in [-0.3, -0.25) is 14.6 Å². The molecule has 2 aromatic carbocycles. The predicted octanol–water partition coefficient (Wildman–Crippen LogP) is 2.85. The van der Waals surface area contributed by atoms with Crippen molar-refractivity contribution in [2.75, 3.05) is 7.11 Å². The van der Waals surface area contributed by atoms with Crippen LogP contribution < -0.4 is 15.3 Å². The fourth-order valence-corrected chi connectivity index (χ4v) is 3.49. The fourth-order valence-electron chi connectivity index (χ4n) is 2.74. The number of thiazole rings is 1. The van der Waals surface area contributed by atoms with Gasteiger partial charge >= 0.3 is 10.8 Å². The van der Waals surface area contributed by atoms with E-state index in [1.807, 2.05) is 0 Å². The van der Waals surface area contributed by atoms with E-state index in [2.05, 4.69) is 9.72 Å². The Balaban J connectivity index is 1.72. The van der Waals surface area contributed by atoms with Crippen LogP contribution in [0.4, 0.5) is 8.78 Å². The predicted molar refractivity (Wildman–Crippen MR) is 106 cm³/mol. The number of halogens is 2. The second kappa shape index (κ2) is 9.06. The highest BCUT2D eigenvalue weighted by Crippen LogP contribution is 2.30. The summed E-state index contributed by atoms with van der Waals surface area (Å²) in [6.45, 7) is 0. The minimum atomic E-state index is -1.19. The van der Waals surface area contributed by atoms with Gasteiger partial charge in [0.05, 0.1) is 12.0 Å². The maximum Gasteiger partial charge on any atom is 0.322 e. The lowest BCUT2D eigenvalue weighted by Gasteiger charge is -2.11. The van der Waals surface area contributed by atoms with Crippen LogP contribution >= 0.6 is 11.3 Å². The summed E-state index contributed by atoms with van der Waals surface area (Å²) in [5, 5.41) is 9.60. The van der Waals surface area contributed by atoms with Crippen molar-refractivity contribution in [3.8, 4) is 17.4 Å². The number of esters is 1. The fraction of sp³-hybridized carbons (Fsp3) is 0.200. The molecule has 0 saturated heterocycles. The zero-order chi connectivity index (χ0) is 21.8. The van der Waals surface area contributed by atoms with Crippen molar-refractivity contribution >= 4 is 17.3 Å². The number of aromatic hydroxyl groups is 1. The number of hydrogen-bond donors (Lipinski definition) is 3. The van der Waals surface area contributed by atoms with E-state index >= 15 is 0 Å². The van der Waals surface area contributed by atoms with Crippen LogP contribution in [0.2, 0.25) is 0 Å². The Morgan fingerprint density at radius 1 is 1.20 bits per heavy atom. The molecule has 0 fully saturated rings. The quantitative estimate of drug-likeness (QED) is 0.491. The Morgan fingerprint density at radius 3 is 2.50 bits per heavy atom. The number of carbonyl (C=O) groups is 1. The first kappa shape index (κ1) is 21.5. The zero-order valence-corrected chi connectivity index (χ0v) is 16.6. The highest BCUT2D eigenvalue weighted by Gasteiger charge is 2.18. The van der Waals surface area contributed by atoms with Gasteiger partial charge in [0.25, 0.3) is 0 Å². The molecule has 7 nitrogen and oxygen atoms in total. The molecule has 0 bridgehead atoms. The molecule has 0 aliphatic rings. The lowest BCUT2D eigenvalue weighted by molar-refractivity contribution is -0.142. The molecule has 0 radical (unpaired) electrons. The summed E-state index contributed by atoms with van der Waals surface area (Å²) in [4.78, 5) is 24.5. The van der Waals surface area contributed by atoms with Gasteiger partial charge in [-0.2, -0.15) is 4.39 Å². The van der Waals surface area contributed by atoms with E-state index in [9.17, 15) is 23.5 Å². The van der Waals surface area contributed by atoms with E-state index in [-0.39, 0.29) is 40.7 Å². The Kier molecular flexibility index (Phi) is 6.48. The lowest BCUT2D eigenvalue weighted by atomic mass is 10.1. The summed E-state index contributed by atoms with van der Waals surface area (Å²) in [5.41, 5.74) is 6.42. The number of carbonyl (C=O) groups excluding carboxylic acids is 1. The summed E-state index contributed by atoms with van der Waals surface area (Å²) in [6, 6.07) is 8.16. The van der Waals surface area contributed by atoms with Crippen LogP contribution in [0.5, 0.6) is 17.4 Å². The van der Waals surface area contributed by atoms with E-state index in [0.717, 1.165) is 16.9 Å². The van der Waals surface area contributed by atoms with E-state index in [1.54, 1.807) is 24.3 Å². The van der Waals surface area contributed by atoms with Crippen molar-refractivity contribution in [3.05, 3.63) is 73.7 Å². The number of nitrogens with one attached hydrogen (secondary N) is 1. The van der Waals surface area contributed by atoms with Gasteiger partial charge in [0.2, 0.25) is 11.7 Å². The van der Waals surface area contributed by atoms with Crippen LogP contribution in [0.25, 0.3) is 0 Å². The number of hydrogen-bond acceptors (Lipinski definition) is 7. The Hall–Kier alpha value is -3.24. The van der Waals surface area contributed by atoms with Crippen LogP contribution in [0.1, 0.15) is 16.0 Å². The number of aromatic nitrogens is 1. The monoisotopic (exact) mass is 436 g/mol. The molecule has 3 rings (SSSR count). The molecule has 1 heterocycles. The average molecular weight is 436 g/mol. The van der Waals surface area contributed by atoms with Crippen LogP contribution in [-0.2, 0) is 22.4 Å². The van der Waals surface area contributed by atoms with Crippen molar-refractivity contribution in [2.24, 2.45) is 5.73 Å². The molecule has 0 aliphatic carbocycles. The van der Waals surface area contributed by atoms with Crippen molar-refractivity contribution in [1.82, 2.24) is 4.98 Å². The molecule has 10 heteroatoms. The van der Waals surface area contributed by atoms with E-state index in [0.29, 0.717) is 0 Å². The Labute approximate surface area is 173 Å². The molecule has 0 saturated carbocycles. The molecule has 1 atom stereocenters. The third-order valence-electron chi connectivity index (χ3n) is 4.29. The number of benzene rings is 2. The van der Waals surface area contributed by atoms with Gasteiger partial charge in [0, 0.05) is 6.42 Å². The van der Waals surface area contributed by atoms with E-state index < -0.39 is 28.5 Å². The molecule has 0 amide bonds. The number of rotatable bonds is 7. The van der Waals surface area contributed by atoms with Crippen LogP contribution in [0.15, 0.2) is 41.2 Å². The SMILES string of the molecule is COC(=O)C(N)Cc1ccc(Oc2ccc(Cc3sc(=O)[nH]c3O)c(F)c2F)cc1. The van der Waals surface area contributed by atoms with Gasteiger partial charge in [-0.25, -0.2) is 4.39 Å². The standard InChI is InChI=1S/C20H18F2N2O5S/c1-28-19(26)13(23)8-10-2-5-12(6-3-10)29-14-7-4-11(16(21)17(14)22)9-15-18(25)24-20(27)30-15/h2-7,13,25H,8-9,23H2,1H3,(H,24,27). The minimum absolute atomic E-state index is 0.0301. The van der Waals surface area contributed by atoms with Gasteiger partial charge in [-0.1, -0.05) is 29.5 Å². The summed E-state index contributed by atoms with van der Waals surface area (Å²) in [6.07, 6.45) is 0.107. The zero-order valence-electron chi connectivity index (χ0n) is 15.8. The highest BCUT2D eigenvalue weighted by molar-refractivity contribution is 7.09. The third kappa shape index (κ3) is 4.84. The molecule has 3 aromatic rings. The van der Waals surface area contributed by atoms with Gasteiger partial charge < -0.3 is 20.3 Å². The van der Waals surface area contributed by atoms with E-state index in [1.165, 1.54) is 19.2 Å². The number of aromatic amines is 1. The Bertz CT molecular complexity index is 1110. The largest absolute Gasteiger partial charge is 0.494 e. The molecular weight excluding hydrogens is 418 g/mol. The first-order valence-corrected chi connectivity index (χ1v) is 9.58. The van der Waals surface area contributed by atoms with Gasteiger partial charge in [-0.15, -0.1) is 0 Å². The maximum atomic E-state index is 14.4. The van der Waals surface area contributed by atoms with Crippen molar-refractivity contribution < 1.29 is 28.2 Å². The average Bonchev–Trinajstić information content (AvgIpc) is 3.05. The normalized spacial score (nSPS) is 11.9. The smallest absolute Gasteiger partial charge is 0.322 e. The van der Waals surface area contributed by atoms with Crippen molar-refractivity contribution in [2.45, 2.75) is 18.9 Å². The topological polar surface area (TPSA) is 115 Å². The number of nitrogens with two attached hydrogens (primary N) is 1. The first-order valence-electron chi connectivity index (χ1n) is 8.76. The van der Waals surface area contributed by atoms with Crippen LogP contribution in [0, 0.1) is 11.6 Å². The van der Waals surface area contributed by atoms with Crippen LogP contribution in [0.3, 0.4) is 0 Å². The lowest BCUT2D eigenvalue weighted by Crippen LogP contribution is -2.33. The minimum Gasteiger partial charge on any atom is -0.494 e. The molecule has 0 spiro atoms. The Morgan fingerprint density at radius 2 is 1.90 bits per heavy atom. The second-order valence-corrected chi connectivity index (χ2v) is 7.46. The van der Waals surface area contributed by atoms with Gasteiger partial charge in [-0.05, 0) is 35.7 Å². The molecular formula is C20H18F2N2O5S. The van der Waals surface area contributed by atoms with Gasteiger partial charge in [0.1, 0.15) is 11.8 Å². The number of H-pyrrole nitrogens is 1. The summed E-state index contributed by atoms with van der Waals surface area (Å²) in [7, 11) is 1.25. The van der Waals surface area contributed by atoms with Crippen molar-refractivity contribution in [3.63, 3.8) is 0 Å². The maximum absolute atomic E-state index is 14.4. The summed E-state index contributed by atoms with van der Waals surface area (Å²) < 4.78 is 38.8. The second-order valence-electron chi connectivity index (χ2n) is 6.39. The number of ether oxygens (including phenoxy) is 2.